The summed E-state index contributed by atoms with van der Waals surface area (Å²) in [5, 5.41) is 14.1. The average molecular weight is 258 g/mol. The minimum atomic E-state index is -0.539. The van der Waals surface area contributed by atoms with Crippen LogP contribution in [0.2, 0.25) is 5.02 Å². The van der Waals surface area contributed by atoms with Gasteiger partial charge in [-0.3, -0.25) is 0 Å². The molecule has 2 N–H and O–H groups in total. The zero-order chi connectivity index (χ0) is 12.8. The molecule has 2 unspecified atom stereocenters. The molecule has 0 saturated heterocycles. The molecule has 0 aliphatic heterocycles. The molecule has 0 amide bonds. The maximum Gasteiger partial charge on any atom is 0.0940 e. The lowest BCUT2D eigenvalue weighted by atomic mass is 10.0. The molecule has 0 saturated carbocycles. The van der Waals surface area contributed by atoms with Crippen molar-refractivity contribution in [1.29, 1.82) is 0 Å². The van der Waals surface area contributed by atoms with Crippen molar-refractivity contribution in [2.75, 3.05) is 20.3 Å². The van der Waals surface area contributed by atoms with Crippen LogP contribution in [0.4, 0.5) is 0 Å². The summed E-state index contributed by atoms with van der Waals surface area (Å²) in [5.41, 5.74) is 1.86. The molecule has 4 heteroatoms. The maximum atomic E-state index is 10.2. The van der Waals surface area contributed by atoms with Crippen LogP contribution >= 0.6 is 11.6 Å². The molecule has 1 aromatic rings. The predicted molar refractivity (Wildman–Crippen MR) is 70.5 cm³/mol. The van der Waals surface area contributed by atoms with Gasteiger partial charge < -0.3 is 15.2 Å². The number of methoxy groups -OCH3 is 1. The molecule has 0 heterocycles. The van der Waals surface area contributed by atoms with Gasteiger partial charge >= 0.3 is 0 Å². The molecule has 3 nitrogen and oxygen atoms in total. The largest absolute Gasteiger partial charge is 0.387 e. The Hall–Kier alpha value is -0.610. The van der Waals surface area contributed by atoms with Gasteiger partial charge in [-0.1, -0.05) is 23.7 Å². The Kier molecular flexibility index (Phi) is 5.92. The van der Waals surface area contributed by atoms with Crippen LogP contribution in [-0.2, 0) is 4.74 Å². The van der Waals surface area contributed by atoms with Crippen molar-refractivity contribution in [3.8, 4) is 0 Å². The summed E-state index contributed by atoms with van der Waals surface area (Å²) in [5.74, 6) is 0. The molecule has 0 aliphatic rings. The van der Waals surface area contributed by atoms with E-state index in [1.165, 1.54) is 0 Å². The van der Waals surface area contributed by atoms with Crippen LogP contribution in [0.25, 0.3) is 0 Å². The minimum absolute atomic E-state index is 0.0225. The maximum absolute atomic E-state index is 10.2. The van der Waals surface area contributed by atoms with Crippen molar-refractivity contribution in [2.24, 2.45) is 0 Å². The van der Waals surface area contributed by atoms with E-state index in [0.717, 1.165) is 22.7 Å². The van der Waals surface area contributed by atoms with Gasteiger partial charge in [0.2, 0.25) is 0 Å². The highest BCUT2D eigenvalue weighted by molar-refractivity contribution is 6.31. The molecule has 1 rings (SSSR count). The van der Waals surface area contributed by atoms with Gasteiger partial charge in [0.25, 0.3) is 0 Å². The average Bonchev–Trinajstić information content (AvgIpc) is 2.32. The van der Waals surface area contributed by atoms with E-state index in [0.29, 0.717) is 6.61 Å². The summed E-state index contributed by atoms with van der Waals surface area (Å²) in [6.07, 6.45) is -0.539. The van der Waals surface area contributed by atoms with Crippen LogP contribution in [-0.4, -0.2) is 31.4 Å². The number of hydrogen-bond donors (Lipinski definition) is 2. The molecular weight excluding hydrogens is 238 g/mol. The van der Waals surface area contributed by atoms with Gasteiger partial charge in [0.05, 0.1) is 12.7 Å². The molecule has 96 valence electrons. The van der Waals surface area contributed by atoms with Crippen molar-refractivity contribution >= 4 is 11.6 Å². The lowest BCUT2D eigenvalue weighted by Crippen LogP contribution is -2.34. The fourth-order valence-corrected chi connectivity index (χ4v) is 1.76. The third-order valence-corrected chi connectivity index (χ3v) is 3.19. The first-order valence-electron chi connectivity index (χ1n) is 5.72. The zero-order valence-corrected chi connectivity index (χ0v) is 11.3. The number of rotatable bonds is 6. The van der Waals surface area contributed by atoms with E-state index < -0.39 is 6.10 Å². The molecule has 0 radical (unpaired) electrons. The minimum Gasteiger partial charge on any atom is -0.387 e. The van der Waals surface area contributed by atoms with Gasteiger partial charge in [-0.25, -0.2) is 0 Å². The zero-order valence-electron chi connectivity index (χ0n) is 10.5. The van der Waals surface area contributed by atoms with E-state index in [1.54, 1.807) is 7.11 Å². The fraction of sp³-hybridized carbons (Fsp3) is 0.538. The first-order chi connectivity index (χ1) is 8.06. The second-order valence-electron chi connectivity index (χ2n) is 4.19. The standard InChI is InChI=1S/C13H20ClNO2/c1-9-8-11(4-5-12(9)14)13(16)10(2)15-6-7-17-3/h4-5,8,10,13,15-16H,6-7H2,1-3H3. The van der Waals surface area contributed by atoms with Gasteiger partial charge in [-0.05, 0) is 31.0 Å². The molecule has 2 atom stereocenters. The van der Waals surface area contributed by atoms with Gasteiger partial charge in [0, 0.05) is 24.7 Å². The van der Waals surface area contributed by atoms with Crippen molar-refractivity contribution in [1.82, 2.24) is 5.32 Å². The van der Waals surface area contributed by atoms with Gasteiger partial charge in [-0.2, -0.15) is 0 Å². The molecule has 0 aromatic heterocycles. The van der Waals surface area contributed by atoms with Gasteiger partial charge in [0.1, 0.15) is 0 Å². The first kappa shape index (κ1) is 14.5. The lowest BCUT2D eigenvalue weighted by Gasteiger charge is -2.21. The van der Waals surface area contributed by atoms with Crippen LogP contribution < -0.4 is 5.32 Å². The van der Waals surface area contributed by atoms with Gasteiger partial charge in [0.15, 0.2) is 0 Å². The molecule has 0 fully saturated rings. The van der Waals surface area contributed by atoms with Crippen LogP contribution in [0.3, 0.4) is 0 Å². The quantitative estimate of drug-likeness (QED) is 0.769. The molecule has 0 bridgehead atoms. The number of aliphatic hydroxyl groups is 1. The normalized spacial score (nSPS) is 14.6. The highest BCUT2D eigenvalue weighted by Gasteiger charge is 2.16. The summed E-state index contributed by atoms with van der Waals surface area (Å²) < 4.78 is 4.95. The van der Waals surface area contributed by atoms with E-state index in [1.807, 2.05) is 32.0 Å². The number of benzene rings is 1. The molecule has 1 aromatic carbocycles. The van der Waals surface area contributed by atoms with Gasteiger partial charge in [-0.15, -0.1) is 0 Å². The van der Waals surface area contributed by atoms with Crippen molar-refractivity contribution in [2.45, 2.75) is 26.0 Å². The van der Waals surface area contributed by atoms with E-state index in [-0.39, 0.29) is 6.04 Å². The lowest BCUT2D eigenvalue weighted by molar-refractivity contribution is 0.126. The Morgan fingerprint density at radius 1 is 1.47 bits per heavy atom. The molecule has 0 aliphatic carbocycles. The molecule has 0 spiro atoms. The second-order valence-corrected chi connectivity index (χ2v) is 4.60. The summed E-state index contributed by atoms with van der Waals surface area (Å²) in [7, 11) is 1.66. The summed E-state index contributed by atoms with van der Waals surface area (Å²) in [6.45, 7) is 5.24. The molecule has 17 heavy (non-hydrogen) atoms. The number of nitrogens with one attached hydrogen (secondary N) is 1. The third-order valence-electron chi connectivity index (χ3n) is 2.77. The number of ether oxygens (including phenoxy) is 1. The van der Waals surface area contributed by atoms with Crippen LogP contribution in [0.5, 0.6) is 0 Å². The summed E-state index contributed by atoms with van der Waals surface area (Å²) in [4.78, 5) is 0. The SMILES string of the molecule is COCCNC(C)C(O)c1ccc(Cl)c(C)c1. The van der Waals surface area contributed by atoms with E-state index in [2.05, 4.69) is 5.32 Å². The predicted octanol–water partition coefficient (Wildman–Crippen LogP) is 2.31. The Labute approximate surface area is 108 Å². The van der Waals surface area contributed by atoms with Crippen LogP contribution in [0.15, 0.2) is 18.2 Å². The Bertz CT molecular complexity index is 357. The number of halogens is 1. The number of aliphatic hydroxyl groups excluding tert-OH is 1. The van der Waals surface area contributed by atoms with Crippen molar-refractivity contribution < 1.29 is 9.84 Å². The fourth-order valence-electron chi connectivity index (χ4n) is 1.64. The summed E-state index contributed by atoms with van der Waals surface area (Å²) >= 11 is 5.95. The van der Waals surface area contributed by atoms with Crippen molar-refractivity contribution in [3.05, 3.63) is 34.3 Å². The summed E-state index contributed by atoms with van der Waals surface area (Å²) in [6, 6.07) is 5.57. The Morgan fingerprint density at radius 3 is 2.76 bits per heavy atom. The monoisotopic (exact) mass is 257 g/mol. The van der Waals surface area contributed by atoms with E-state index in [9.17, 15) is 5.11 Å². The Morgan fingerprint density at radius 2 is 2.18 bits per heavy atom. The van der Waals surface area contributed by atoms with Crippen LogP contribution in [0, 0.1) is 6.92 Å². The Balaban J connectivity index is 2.61. The number of aryl methyl sites for hydroxylation is 1. The van der Waals surface area contributed by atoms with E-state index >= 15 is 0 Å². The second kappa shape index (κ2) is 6.97. The first-order valence-corrected chi connectivity index (χ1v) is 6.10. The van der Waals surface area contributed by atoms with Crippen LogP contribution in [0.1, 0.15) is 24.2 Å². The number of hydrogen-bond acceptors (Lipinski definition) is 3. The smallest absolute Gasteiger partial charge is 0.0940 e. The van der Waals surface area contributed by atoms with E-state index in [4.69, 9.17) is 16.3 Å². The highest BCUT2D eigenvalue weighted by atomic mass is 35.5. The third kappa shape index (κ3) is 4.28. The molecular formula is C13H20ClNO2. The highest BCUT2D eigenvalue weighted by Crippen LogP contribution is 2.22. The van der Waals surface area contributed by atoms with Crippen molar-refractivity contribution in [3.63, 3.8) is 0 Å². The topological polar surface area (TPSA) is 41.5 Å².